The molecule has 3 rings (SSSR count). The van der Waals surface area contributed by atoms with Crippen molar-refractivity contribution in [2.24, 2.45) is 15.9 Å². The van der Waals surface area contributed by atoms with Crippen LogP contribution in [-0.4, -0.2) is 28.7 Å². The predicted molar refractivity (Wildman–Crippen MR) is 90.2 cm³/mol. The first-order valence-electron chi connectivity index (χ1n) is 6.59. The van der Waals surface area contributed by atoms with Crippen molar-refractivity contribution in [1.82, 2.24) is 4.90 Å². The number of benzene rings is 1. The molecule has 0 bridgehead atoms. The van der Waals surface area contributed by atoms with E-state index in [9.17, 15) is 0 Å². The van der Waals surface area contributed by atoms with Crippen LogP contribution < -0.4 is 0 Å². The second kappa shape index (κ2) is 6.14. The van der Waals surface area contributed by atoms with Crippen molar-refractivity contribution in [3.8, 4) is 0 Å². The zero-order valence-electron chi connectivity index (χ0n) is 11.2. The van der Waals surface area contributed by atoms with Gasteiger partial charge in [-0.15, -0.1) is 0 Å². The lowest BCUT2D eigenvalue weighted by Crippen LogP contribution is -2.40. The van der Waals surface area contributed by atoms with Crippen LogP contribution in [0.25, 0.3) is 0 Å². The molecule has 2 unspecified atom stereocenters. The van der Waals surface area contributed by atoms with E-state index in [2.05, 4.69) is 62.5 Å². The van der Waals surface area contributed by atoms with Crippen LogP contribution in [0.1, 0.15) is 12.0 Å². The van der Waals surface area contributed by atoms with Crippen LogP contribution in [-0.2, 0) is 6.54 Å². The van der Waals surface area contributed by atoms with Gasteiger partial charge < -0.3 is 4.90 Å². The molecule has 0 saturated carbocycles. The fraction of sp³-hybridized carbons (Fsp3) is 0.333. The Bertz CT molecular complexity index is 582. The summed E-state index contributed by atoms with van der Waals surface area (Å²) in [6.45, 7) is 0.859. The molecule has 1 aromatic rings. The van der Waals surface area contributed by atoms with Gasteiger partial charge in [0.2, 0.25) is 0 Å². The molecule has 0 aromatic heterocycles. The summed E-state index contributed by atoms with van der Waals surface area (Å²) in [4.78, 5) is 11.5. The summed E-state index contributed by atoms with van der Waals surface area (Å²) >= 11 is 5.22. The normalized spacial score (nSPS) is 24.5. The maximum atomic E-state index is 4.77. The van der Waals surface area contributed by atoms with E-state index >= 15 is 0 Å². The second-order valence-electron chi connectivity index (χ2n) is 4.86. The zero-order chi connectivity index (χ0) is 13.9. The Morgan fingerprint density at radius 3 is 3.05 bits per heavy atom. The number of halogens is 1. The first kappa shape index (κ1) is 13.9. The van der Waals surface area contributed by atoms with Crippen molar-refractivity contribution >= 4 is 39.1 Å². The number of nitrogens with zero attached hydrogens (tertiary/aromatic N) is 3. The third-order valence-corrected chi connectivity index (χ3v) is 4.89. The van der Waals surface area contributed by atoms with Crippen molar-refractivity contribution in [3.63, 3.8) is 0 Å². The van der Waals surface area contributed by atoms with Crippen LogP contribution >= 0.6 is 27.7 Å². The van der Waals surface area contributed by atoms with Gasteiger partial charge >= 0.3 is 0 Å². The summed E-state index contributed by atoms with van der Waals surface area (Å²) in [5.41, 5.74) is 1.28. The summed E-state index contributed by atoms with van der Waals surface area (Å²) in [6, 6.07) is 8.35. The Kier molecular flexibility index (Phi) is 4.27. The first-order valence-corrected chi connectivity index (χ1v) is 8.61. The average molecular weight is 350 g/mol. The summed E-state index contributed by atoms with van der Waals surface area (Å²) in [7, 11) is 0. The summed E-state index contributed by atoms with van der Waals surface area (Å²) in [6.07, 6.45) is 9.65. The molecular formula is C15H16BrN3S. The molecule has 2 heterocycles. The highest BCUT2D eigenvalue weighted by atomic mass is 79.9. The fourth-order valence-corrected chi connectivity index (χ4v) is 3.29. The van der Waals surface area contributed by atoms with Crippen molar-refractivity contribution in [1.29, 1.82) is 0 Å². The average Bonchev–Trinajstić information content (AvgIpc) is 2.49. The van der Waals surface area contributed by atoms with Crippen LogP contribution in [0.2, 0.25) is 0 Å². The van der Waals surface area contributed by atoms with E-state index < -0.39 is 0 Å². The zero-order valence-corrected chi connectivity index (χ0v) is 13.6. The van der Waals surface area contributed by atoms with E-state index in [-0.39, 0.29) is 6.17 Å². The molecule has 1 aromatic carbocycles. The lowest BCUT2D eigenvalue weighted by Gasteiger charge is -2.36. The molecule has 0 saturated heterocycles. The first-order chi connectivity index (χ1) is 9.78. The molecule has 2 aliphatic rings. The van der Waals surface area contributed by atoms with E-state index in [4.69, 9.17) is 4.99 Å². The van der Waals surface area contributed by atoms with E-state index in [0.29, 0.717) is 5.92 Å². The molecule has 0 amide bonds. The van der Waals surface area contributed by atoms with Crippen molar-refractivity contribution in [2.75, 3.05) is 6.26 Å². The molecule has 2 atom stereocenters. The predicted octanol–water partition coefficient (Wildman–Crippen LogP) is 3.91. The number of thioether (sulfide) groups is 1. The molecule has 104 valence electrons. The highest BCUT2D eigenvalue weighted by Crippen LogP contribution is 2.28. The van der Waals surface area contributed by atoms with Gasteiger partial charge in [-0.05, 0) is 30.5 Å². The number of allylic oxidation sites excluding steroid dienone is 1. The van der Waals surface area contributed by atoms with E-state index in [1.807, 2.05) is 12.3 Å². The van der Waals surface area contributed by atoms with Crippen molar-refractivity contribution in [3.05, 3.63) is 46.6 Å². The lowest BCUT2D eigenvalue weighted by molar-refractivity contribution is 0.220. The van der Waals surface area contributed by atoms with Crippen LogP contribution in [0.15, 0.2) is 51.0 Å². The third-order valence-electron chi connectivity index (χ3n) is 3.54. The summed E-state index contributed by atoms with van der Waals surface area (Å²) in [5.74, 6) is 0.387. The largest absolute Gasteiger partial charge is 0.351 e. The Morgan fingerprint density at radius 2 is 2.25 bits per heavy atom. The second-order valence-corrected chi connectivity index (χ2v) is 6.48. The maximum absolute atomic E-state index is 4.77. The van der Waals surface area contributed by atoms with Gasteiger partial charge in [0, 0.05) is 23.1 Å². The number of hydrogen-bond acceptors (Lipinski definition) is 4. The lowest BCUT2D eigenvalue weighted by atomic mass is 9.98. The minimum atomic E-state index is 0.173. The molecular weight excluding hydrogens is 334 g/mol. The van der Waals surface area contributed by atoms with Gasteiger partial charge in [0.25, 0.3) is 0 Å². The molecule has 0 fully saturated rings. The third kappa shape index (κ3) is 2.83. The maximum Gasteiger partial charge on any atom is 0.184 e. The van der Waals surface area contributed by atoms with Crippen molar-refractivity contribution in [2.45, 2.75) is 19.1 Å². The smallest absolute Gasteiger partial charge is 0.184 e. The fourth-order valence-electron chi connectivity index (χ4n) is 2.50. The van der Waals surface area contributed by atoms with Crippen LogP contribution in [0.5, 0.6) is 0 Å². The molecule has 0 radical (unpaired) electrons. The molecule has 2 aliphatic heterocycles. The molecule has 0 spiro atoms. The molecule has 0 N–H and O–H groups in total. The quantitative estimate of drug-likeness (QED) is 0.809. The monoisotopic (exact) mass is 349 g/mol. The van der Waals surface area contributed by atoms with Crippen LogP contribution in [0.3, 0.4) is 0 Å². The van der Waals surface area contributed by atoms with Gasteiger partial charge in [-0.2, -0.15) is 0 Å². The van der Waals surface area contributed by atoms with Crippen LogP contribution in [0, 0.1) is 5.92 Å². The Hall–Kier alpha value is -1.07. The molecule has 0 aliphatic carbocycles. The number of rotatable bonds is 2. The Morgan fingerprint density at radius 1 is 1.40 bits per heavy atom. The van der Waals surface area contributed by atoms with Gasteiger partial charge in [0.1, 0.15) is 6.17 Å². The molecule has 20 heavy (non-hydrogen) atoms. The number of amidine groups is 1. The topological polar surface area (TPSA) is 28.0 Å². The van der Waals surface area contributed by atoms with Gasteiger partial charge in [-0.25, -0.2) is 9.98 Å². The Balaban J connectivity index is 1.84. The van der Waals surface area contributed by atoms with Gasteiger partial charge in [0.05, 0.1) is 0 Å². The van der Waals surface area contributed by atoms with E-state index in [1.165, 1.54) is 5.56 Å². The highest BCUT2D eigenvalue weighted by molar-refractivity contribution is 9.10. The minimum absolute atomic E-state index is 0.173. The number of hydrogen-bond donors (Lipinski definition) is 0. The standard InChI is InChI=1S/C15H16BrN3S/c1-20-15-17-9-11-6-4-8-19(14(11)18-15)10-12-5-2-3-7-13(12)16/h2-5,7-9,11,14H,6,10H2,1H3. The minimum Gasteiger partial charge on any atom is -0.351 e. The van der Waals surface area contributed by atoms with Gasteiger partial charge in [-0.1, -0.05) is 52.0 Å². The summed E-state index contributed by atoms with van der Waals surface area (Å²) in [5, 5.41) is 0.874. The van der Waals surface area contributed by atoms with Crippen molar-refractivity contribution < 1.29 is 0 Å². The van der Waals surface area contributed by atoms with Crippen LogP contribution in [0.4, 0.5) is 0 Å². The number of aliphatic imine (C=N–C) groups is 2. The molecule has 3 nitrogen and oxygen atoms in total. The highest BCUT2D eigenvalue weighted by Gasteiger charge is 2.29. The van der Waals surface area contributed by atoms with E-state index in [1.54, 1.807) is 11.8 Å². The summed E-state index contributed by atoms with van der Waals surface area (Å²) < 4.78 is 1.15. The number of fused-ring (bicyclic) bond motifs is 1. The molecule has 5 heteroatoms. The van der Waals surface area contributed by atoms with Gasteiger partial charge in [-0.3, -0.25) is 0 Å². The van der Waals surface area contributed by atoms with Gasteiger partial charge in [0.15, 0.2) is 5.17 Å². The van der Waals surface area contributed by atoms with E-state index in [0.717, 1.165) is 22.6 Å². The Labute approximate surface area is 132 Å². The SMILES string of the molecule is CSC1=NC2C(C=N1)CC=CN2Cc1ccccc1Br.